The van der Waals surface area contributed by atoms with Gasteiger partial charge in [-0.15, -0.1) is 0 Å². The number of primary amides is 1. The SMILES string of the molecule is COCCOc1ccc(NC(=O)N[C@H]2CCC[C@@H]2C(N)=O)cn1. The lowest BCUT2D eigenvalue weighted by Gasteiger charge is -2.18. The molecular weight excluding hydrogens is 300 g/mol. The van der Waals surface area contributed by atoms with Gasteiger partial charge in [-0.25, -0.2) is 9.78 Å². The number of carbonyl (C=O) groups excluding carboxylic acids is 2. The second-order valence-corrected chi connectivity index (χ2v) is 5.37. The van der Waals surface area contributed by atoms with Crippen LogP contribution < -0.4 is 21.1 Å². The average molecular weight is 322 g/mol. The number of ether oxygens (including phenoxy) is 2. The van der Waals surface area contributed by atoms with Crippen LogP contribution in [0.5, 0.6) is 5.88 Å². The molecule has 0 bridgehead atoms. The molecule has 0 radical (unpaired) electrons. The fraction of sp³-hybridized carbons (Fsp3) is 0.533. The Labute approximate surface area is 134 Å². The first-order valence-corrected chi connectivity index (χ1v) is 7.54. The van der Waals surface area contributed by atoms with Crippen LogP contribution in [-0.4, -0.2) is 43.3 Å². The lowest BCUT2D eigenvalue weighted by atomic mass is 10.0. The Morgan fingerprint density at radius 1 is 1.35 bits per heavy atom. The molecule has 2 rings (SSSR count). The second kappa shape index (κ2) is 8.33. The number of hydrogen-bond donors (Lipinski definition) is 3. The molecule has 1 fully saturated rings. The quantitative estimate of drug-likeness (QED) is 0.645. The van der Waals surface area contributed by atoms with Crippen LogP contribution in [0.25, 0.3) is 0 Å². The summed E-state index contributed by atoms with van der Waals surface area (Å²) in [5.41, 5.74) is 5.88. The molecule has 0 saturated heterocycles. The van der Waals surface area contributed by atoms with Crippen molar-refractivity contribution in [2.24, 2.45) is 11.7 Å². The average Bonchev–Trinajstić information content (AvgIpc) is 2.97. The number of hydrogen-bond acceptors (Lipinski definition) is 5. The van der Waals surface area contributed by atoms with Crippen molar-refractivity contribution in [2.75, 3.05) is 25.6 Å². The van der Waals surface area contributed by atoms with Gasteiger partial charge in [-0.2, -0.15) is 0 Å². The van der Waals surface area contributed by atoms with E-state index in [2.05, 4.69) is 15.6 Å². The first-order valence-electron chi connectivity index (χ1n) is 7.54. The molecular formula is C15H22N4O4. The highest BCUT2D eigenvalue weighted by Crippen LogP contribution is 2.25. The van der Waals surface area contributed by atoms with E-state index in [0.717, 1.165) is 19.3 Å². The third-order valence-corrected chi connectivity index (χ3v) is 3.73. The summed E-state index contributed by atoms with van der Waals surface area (Å²) in [6, 6.07) is 2.76. The summed E-state index contributed by atoms with van der Waals surface area (Å²) in [6.45, 7) is 0.888. The van der Waals surface area contributed by atoms with E-state index >= 15 is 0 Å². The maximum absolute atomic E-state index is 12.0. The Morgan fingerprint density at radius 3 is 2.83 bits per heavy atom. The molecule has 1 aromatic heterocycles. The van der Waals surface area contributed by atoms with Crippen LogP contribution in [-0.2, 0) is 9.53 Å². The fourth-order valence-electron chi connectivity index (χ4n) is 2.58. The molecule has 2 atom stereocenters. The maximum Gasteiger partial charge on any atom is 0.319 e. The zero-order valence-electron chi connectivity index (χ0n) is 13.1. The number of rotatable bonds is 7. The zero-order valence-corrected chi connectivity index (χ0v) is 13.1. The maximum atomic E-state index is 12.0. The Hall–Kier alpha value is -2.35. The van der Waals surface area contributed by atoms with Gasteiger partial charge in [-0.1, -0.05) is 6.42 Å². The van der Waals surface area contributed by atoms with E-state index in [1.807, 2.05) is 0 Å². The van der Waals surface area contributed by atoms with Gasteiger partial charge in [0, 0.05) is 19.2 Å². The summed E-state index contributed by atoms with van der Waals surface area (Å²) in [4.78, 5) is 27.4. The molecule has 126 valence electrons. The van der Waals surface area contributed by atoms with Gasteiger partial charge in [0.1, 0.15) is 6.61 Å². The first kappa shape index (κ1) is 17.0. The minimum absolute atomic E-state index is 0.211. The van der Waals surface area contributed by atoms with Gasteiger partial charge in [0.15, 0.2) is 0 Å². The van der Waals surface area contributed by atoms with Gasteiger partial charge in [-0.05, 0) is 18.9 Å². The molecule has 3 amide bonds. The van der Waals surface area contributed by atoms with Crippen molar-refractivity contribution in [2.45, 2.75) is 25.3 Å². The molecule has 0 aliphatic heterocycles. The number of amides is 3. The largest absolute Gasteiger partial charge is 0.475 e. The van der Waals surface area contributed by atoms with E-state index in [9.17, 15) is 9.59 Å². The number of carbonyl (C=O) groups is 2. The van der Waals surface area contributed by atoms with E-state index in [-0.39, 0.29) is 23.9 Å². The monoisotopic (exact) mass is 322 g/mol. The van der Waals surface area contributed by atoms with Gasteiger partial charge in [0.2, 0.25) is 11.8 Å². The minimum Gasteiger partial charge on any atom is -0.475 e. The topological polar surface area (TPSA) is 116 Å². The summed E-state index contributed by atoms with van der Waals surface area (Å²) in [7, 11) is 1.59. The number of aromatic nitrogens is 1. The number of anilines is 1. The van der Waals surface area contributed by atoms with Crippen LogP contribution in [0.3, 0.4) is 0 Å². The summed E-state index contributed by atoms with van der Waals surface area (Å²) in [6.07, 6.45) is 3.86. The lowest BCUT2D eigenvalue weighted by Crippen LogP contribution is -2.44. The first-order chi connectivity index (χ1) is 11.1. The molecule has 1 aromatic rings. The predicted octanol–water partition coefficient (Wildman–Crippen LogP) is 0.882. The van der Waals surface area contributed by atoms with Crippen molar-refractivity contribution < 1.29 is 19.1 Å². The number of nitrogens with zero attached hydrogens (tertiary/aromatic N) is 1. The van der Waals surface area contributed by atoms with Crippen LogP contribution in [0, 0.1) is 5.92 Å². The lowest BCUT2D eigenvalue weighted by molar-refractivity contribution is -0.122. The third-order valence-electron chi connectivity index (χ3n) is 3.73. The van der Waals surface area contributed by atoms with Gasteiger partial charge in [0.05, 0.1) is 24.4 Å². The number of urea groups is 1. The molecule has 8 nitrogen and oxygen atoms in total. The molecule has 0 unspecified atom stereocenters. The van der Waals surface area contributed by atoms with Gasteiger partial charge >= 0.3 is 6.03 Å². The van der Waals surface area contributed by atoms with Crippen molar-refractivity contribution in [3.63, 3.8) is 0 Å². The molecule has 0 spiro atoms. The molecule has 1 aliphatic carbocycles. The Bertz CT molecular complexity index is 535. The minimum atomic E-state index is -0.377. The van der Waals surface area contributed by atoms with Crippen LogP contribution in [0.15, 0.2) is 18.3 Å². The predicted molar refractivity (Wildman–Crippen MR) is 84.1 cm³/mol. The van der Waals surface area contributed by atoms with E-state index < -0.39 is 0 Å². The highest BCUT2D eigenvalue weighted by molar-refractivity contribution is 5.90. The summed E-state index contributed by atoms with van der Waals surface area (Å²) in [5, 5.41) is 5.47. The third kappa shape index (κ3) is 5.10. The van der Waals surface area contributed by atoms with Gasteiger partial charge in [0.25, 0.3) is 0 Å². The summed E-state index contributed by atoms with van der Waals surface area (Å²) in [5.74, 6) is -0.208. The van der Waals surface area contributed by atoms with Crippen molar-refractivity contribution in [1.82, 2.24) is 10.3 Å². The molecule has 4 N–H and O–H groups in total. The smallest absolute Gasteiger partial charge is 0.319 e. The molecule has 8 heteroatoms. The van der Waals surface area contributed by atoms with Crippen molar-refractivity contribution in [3.05, 3.63) is 18.3 Å². The zero-order chi connectivity index (χ0) is 16.7. The highest BCUT2D eigenvalue weighted by atomic mass is 16.5. The Balaban J connectivity index is 1.82. The summed E-state index contributed by atoms with van der Waals surface area (Å²) < 4.78 is 10.2. The van der Waals surface area contributed by atoms with E-state index in [1.165, 1.54) is 6.20 Å². The van der Waals surface area contributed by atoms with Crippen LogP contribution in [0.1, 0.15) is 19.3 Å². The Morgan fingerprint density at radius 2 is 2.17 bits per heavy atom. The number of pyridine rings is 1. The highest BCUT2D eigenvalue weighted by Gasteiger charge is 2.32. The molecule has 0 aromatic carbocycles. The molecule has 1 saturated carbocycles. The molecule has 1 aliphatic rings. The van der Waals surface area contributed by atoms with Crippen LogP contribution in [0.4, 0.5) is 10.5 Å². The normalized spacial score (nSPS) is 20.0. The van der Waals surface area contributed by atoms with Crippen molar-refractivity contribution >= 4 is 17.6 Å². The van der Waals surface area contributed by atoms with E-state index in [1.54, 1.807) is 19.2 Å². The van der Waals surface area contributed by atoms with Gasteiger partial charge < -0.3 is 25.8 Å². The number of methoxy groups -OCH3 is 1. The molecule has 23 heavy (non-hydrogen) atoms. The van der Waals surface area contributed by atoms with Crippen LogP contribution in [0.2, 0.25) is 0 Å². The van der Waals surface area contributed by atoms with Crippen LogP contribution >= 0.6 is 0 Å². The summed E-state index contributed by atoms with van der Waals surface area (Å²) >= 11 is 0. The van der Waals surface area contributed by atoms with Crippen molar-refractivity contribution in [3.8, 4) is 5.88 Å². The molecule has 1 heterocycles. The van der Waals surface area contributed by atoms with E-state index in [0.29, 0.717) is 24.8 Å². The van der Waals surface area contributed by atoms with Gasteiger partial charge in [-0.3, -0.25) is 4.79 Å². The number of nitrogens with one attached hydrogen (secondary N) is 2. The second-order valence-electron chi connectivity index (χ2n) is 5.37. The fourth-order valence-corrected chi connectivity index (χ4v) is 2.58. The van der Waals surface area contributed by atoms with E-state index in [4.69, 9.17) is 15.2 Å². The number of nitrogens with two attached hydrogens (primary N) is 1. The Kier molecular flexibility index (Phi) is 6.16. The van der Waals surface area contributed by atoms with Crippen molar-refractivity contribution in [1.29, 1.82) is 0 Å². The standard InChI is InChI=1S/C15H22N4O4/c1-22-7-8-23-13-6-5-10(9-17-13)18-15(21)19-12-4-2-3-11(12)14(16)20/h5-6,9,11-12H,2-4,7-8H2,1H3,(H2,16,20)(H2,18,19,21)/t11-,12-/m0/s1.